The number of imidazole rings is 1. The summed E-state index contributed by atoms with van der Waals surface area (Å²) in [5.41, 5.74) is 7.81. The number of rotatable bonds is 4. The Hall–Kier alpha value is -1.39. The Morgan fingerprint density at radius 2 is 2.24 bits per heavy atom. The summed E-state index contributed by atoms with van der Waals surface area (Å²) < 4.78 is 1.97. The molecule has 0 fully saturated rings. The lowest BCUT2D eigenvalue weighted by Crippen LogP contribution is -2.07. The Kier molecular flexibility index (Phi) is 3.76. The predicted molar refractivity (Wildman–Crippen MR) is 67.8 cm³/mol. The summed E-state index contributed by atoms with van der Waals surface area (Å²) >= 11 is 6.09. The maximum Gasteiger partial charge on any atom is 0.150 e. The maximum absolute atomic E-state index is 6.09. The molecule has 0 bridgehead atoms. The fourth-order valence-electron chi connectivity index (χ4n) is 1.81. The zero-order valence-electron chi connectivity index (χ0n) is 9.73. The molecule has 0 aromatic carbocycles. The third-order valence-corrected chi connectivity index (χ3v) is 3.12. The van der Waals surface area contributed by atoms with E-state index in [-0.39, 0.29) is 0 Å². The predicted octanol–water partition coefficient (Wildman–Crippen LogP) is 1.71. The Morgan fingerprint density at radius 3 is 2.82 bits per heavy atom. The molecule has 90 valence electrons. The summed E-state index contributed by atoms with van der Waals surface area (Å²) in [6.45, 7) is 0.406. The van der Waals surface area contributed by atoms with Gasteiger partial charge in [-0.1, -0.05) is 17.7 Å². The van der Waals surface area contributed by atoms with Crippen molar-refractivity contribution >= 4 is 11.6 Å². The average Bonchev–Trinajstić information content (AvgIpc) is 2.63. The molecule has 0 radical (unpaired) electrons. The molecule has 2 N–H and O–H groups in total. The van der Waals surface area contributed by atoms with E-state index in [1.165, 1.54) is 5.56 Å². The van der Waals surface area contributed by atoms with Crippen molar-refractivity contribution in [3.05, 3.63) is 46.8 Å². The van der Waals surface area contributed by atoms with E-state index in [9.17, 15) is 0 Å². The Labute approximate surface area is 105 Å². The van der Waals surface area contributed by atoms with Crippen molar-refractivity contribution in [2.45, 2.75) is 19.4 Å². The molecule has 0 aliphatic rings. The molecule has 0 unspecified atom stereocenters. The number of hydrogen-bond acceptors (Lipinski definition) is 3. The molecule has 5 heteroatoms. The van der Waals surface area contributed by atoms with Gasteiger partial charge in [0.2, 0.25) is 0 Å². The van der Waals surface area contributed by atoms with Crippen LogP contribution in [0.2, 0.25) is 5.15 Å². The molecule has 0 aliphatic heterocycles. The van der Waals surface area contributed by atoms with Crippen molar-refractivity contribution in [1.82, 2.24) is 14.5 Å². The maximum atomic E-state index is 6.09. The quantitative estimate of drug-likeness (QED) is 0.899. The minimum atomic E-state index is 0.406. The molecular formula is C12H15ClN4. The second kappa shape index (κ2) is 5.29. The lowest BCUT2D eigenvalue weighted by atomic mass is 10.1. The molecule has 0 saturated carbocycles. The molecule has 2 heterocycles. The van der Waals surface area contributed by atoms with Gasteiger partial charge in [-0.15, -0.1) is 0 Å². The molecular weight excluding hydrogens is 236 g/mol. The summed E-state index contributed by atoms with van der Waals surface area (Å²) in [5.74, 6) is 0.816. The highest BCUT2D eigenvalue weighted by Gasteiger charge is 2.11. The number of aryl methyl sites for hydroxylation is 1. The zero-order valence-corrected chi connectivity index (χ0v) is 10.5. The topological polar surface area (TPSA) is 56.7 Å². The molecule has 0 aliphatic carbocycles. The van der Waals surface area contributed by atoms with Gasteiger partial charge in [-0.2, -0.15) is 0 Å². The fraction of sp³-hybridized carbons (Fsp3) is 0.333. The van der Waals surface area contributed by atoms with Gasteiger partial charge < -0.3 is 10.3 Å². The average molecular weight is 251 g/mol. The Morgan fingerprint density at radius 1 is 1.41 bits per heavy atom. The van der Waals surface area contributed by atoms with Crippen LogP contribution in [0.25, 0.3) is 0 Å². The van der Waals surface area contributed by atoms with E-state index in [1.54, 1.807) is 6.20 Å². The standard InChI is InChI=1S/C12H15ClN4/c1-17-10(12(13)16-11(17)7-14)5-4-9-3-2-6-15-8-9/h2-3,6,8H,4-5,7,14H2,1H3. The molecule has 0 amide bonds. The monoisotopic (exact) mass is 250 g/mol. The van der Waals surface area contributed by atoms with E-state index in [0.717, 1.165) is 24.4 Å². The van der Waals surface area contributed by atoms with Gasteiger partial charge in [-0.3, -0.25) is 4.98 Å². The number of nitrogens with zero attached hydrogens (tertiary/aromatic N) is 3. The summed E-state index contributed by atoms with van der Waals surface area (Å²) in [6.07, 6.45) is 5.38. The third-order valence-electron chi connectivity index (χ3n) is 2.81. The minimum Gasteiger partial charge on any atom is -0.333 e. The zero-order chi connectivity index (χ0) is 12.3. The van der Waals surface area contributed by atoms with E-state index in [4.69, 9.17) is 17.3 Å². The SMILES string of the molecule is Cn1c(CN)nc(Cl)c1CCc1cccnc1. The largest absolute Gasteiger partial charge is 0.333 e. The Balaban J connectivity index is 2.12. The first-order valence-corrected chi connectivity index (χ1v) is 5.89. The van der Waals surface area contributed by atoms with Crippen LogP contribution in [0.4, 0.5) is 0 Å². The lowest BCUT2D eigenvalue weighted by molar-refractivity contribution is 0.739. The minimum absolute atomic E-state index is 0.406. The number of nitrogens with two attached hydrogens (primary N) is 1. The van der Waals surface area contributed by atoms with E-state index in [1.807, 2.05) is 23.9 Å². The van der Waals surface area contributed by atoms with Crippen molar-refractivity contribution in [3.63, 3.8) is 0 Å². The van der Waals surface area contributed by atoms with Crippen LogP contribution in [0.1, 0.15) is 17.1 Å². The van der Waals surface area contributed by atoms with Gasteiger partial charge in [0.15, 0.2) is 5.15 Å². The molecule has 2 rings (SSSR count). The molecule has 4 nitrogen and oxygen atoms in total. The van der Waals surface area contributed by atoms with Crippen LogP contribution < -0.4 is 5.73 Å². The van der Waals surface area contributed by atoms with Gasteiger partial charge >= 0.3 is 0 Å². The first-order valence-electron chi connectivity index (χ1n) is 5.51. The first-order chi connectivity index (χ1) is 8.22. The van der Waals surface area contributed by atoms with Gasteiger partial charge in [0.25, 0.3) is 0 Å². The highest BCUT2D eigenvalue weighted by atomic mass is 35.5. The summed E-state index contributed by atoms with van der Waals surface area (Å²) in [4.78, 5) is 8.32. The molecule has 2 aromatic heterocycles. The van der Waals surface area contributed by atoms with Crippen LogP contribution in [0.5, 0.6) is 0 Å². The van der Waals surface area contributed by atoms with Crippen molar-refractivity contribution in [3.8, 4) is 0 Å². The first kappa shape index (κ1) is 12.1. The van der Waals surface area contributed by atoms with Crippen LogP contribution in [-0.2, 0) is 26.4 Å². The van der Waals surface area contributed by atoms with Crippen molar-refractivity contribution < 1.29 is 0 Å². The van der Waals surface area contributed by atoms with E-state index < -0.39 is 0 Å². The number of hydrogen-bond donors (Lipinski definition) is 1. The summed E-state index contributed by atoms with van der Waals surface area (Å²) in [5, 5.41) is 0.553. The van der Waals surface area contributed by atoms with Crippen LogP contribution in [0, 0.1) is 0 Å². The smallest absolute Gasteiger partial charge is 0.150 e. The van der Waals surface area contributed by atoms with Gasteiger partial charge in [-0.25, -0.2) is 4.98 Å². The van der Waals surface area contributed by atoms with Crippen LogP contribution in [0.3, 0.4) is 0 Å². The highest BCUT2D eigenvalue weighted by molar-refractivity contribution is 6.30. The molecule has 0 atom stereocenters. The second-order valence-electron chi connectivity index (χ2n) is 3.89. The molecule has 17 heavy (non-hydrogen) atoms. The van der Waals surface area contributed by atoms with Gasteiger partial charge in [0.1, 0.15) is 5.82 Å². The van der Waals surface area contributed by atoms with E-state index >= 15 is 0 Å². The Bertz CT molecular complexity index is 493. The van der Waals surface area contributed by atoms with E-state index in [0.29, 0.717) is 11.7 Å². The lowest BCUT2D eigenvalue weighted by Gasteiger charge is -2.05. The third kappa shape index (κ3) is 2.65. The number of pyridine rings is 1. The molecule has 0 saturated heterocycles. The summed E-state index contributed by atoms with van der Waals surface area (Å²) in [6, 6.07) is 3.99. The van der Waals surface area contributed by atoms with Gasteiger partial charge in [0, 0.05) is 19.4 Å². The van der Waals surface area contributed by atoms with Gasteiger partial charge in [0.05, 0.1) is 12.2 Å². The van der Waals surface area contributed by atoms with Crippen LogP contribution in [-0.4, -0.2) is 14.5 Å². The number of halogens is 1. The molecule has 0 spiro atoms. The summed E-state index contributed by atoms with van der Waals surface area (Å²) in [7, 11) is 1.94. The highest BCUT2D eigenvalue weighted by Crippen LogP contribution is 2.18. The van der Waals surface area contributed by atoms with E-state index in [2.05, 4.69) is 16.0 Å². The van der Waals surface area contributed by atoms with Crippen molar-refractivity contribution in [2.75, 3.05) is 0 Å². The van der Waals surface area contributed by atoms with Crippen LogP contribution in [0.15, 0.2) is 24.5 Å². The fourth-order valence-corrected chi connectivity index (χ4v) is 2.13. The van der Waals surface area contributed by atoms with Crippen LogP contribution >= 0.6 is 11.6 Å². The second-order valence-corrected chi connectivity index (χ2v) is 4.25. The van der Waals surface area contributed by atoms with Gasteiger partial charge in [-0.05, 0) is 24.5 Å². The molecule has 2 aromatic rings. The van der Waals surface area contributed by atoms with Crippen molar-refractivity contribution in [2.24, 2.45) is 12.8 Å². The number of aromatic nitrogens is 3. The van der Waals surface area contributed by atoms with Crippen molar-refractivity contribution in [1.29, 1.82) is 0 Å². The normalized spacial score (nSPS) is 10.8.